The molecule has 78 valence electrons. The topological polar surface area (TPSA) is 41.5 Å². The summed E-state index contributed by atoms with van der Waals surface area (Å²) in [4.78, 5) is 0. The number of methoxy groups -OCH3 is 1. The molecule has 3 heteroatoms. The van der Waals surface area contributed by atoms with E-state index in [9.17, 15) is 0 Å². The second-order valence-electron chi connectivity index (χ2n) is 3.96. The van der Waals surface area contributed by atoms with Crippen molar-refractivity contribution >= 4 is 0 Å². The van der Waals surface area contributed by atoms with Gasteiger partial charge in [0.2, 0.25) is 0 Å². The Morgan fingerprint density at radius 2 is 2.23 bits per heavy atom. The highest BCUT2D eigenvalue weighted by Gasteiger charge is 2.28. The number of rotatable bonds is 7. The standard InChI is InChI=1S/C10H21NO2/c1-8(9-3-4-9)11-10(5-6-12)7-13-2/h8-12H,3-7H2,1-2H3. The first-order valence-electron chi connectivity index (χ1n) is 5.13. The molecule has 1 saturated carbocycles. The fraction of sp³-hybridized carbons (Fsp3) is 1.00. The average molecular weight is 187 g/mol. The summed E-state index contributed by atoms with van der Waals surface area (Å²) >= 11 is 0. The lowest BCUT2D eigenvalue weighted by atomic mass is 10.1. The summed E-state index contributed by atoms with van der Waals surface area (Å²) in [6.45, 7) is 3.15. The molecule has 0 aromatic carbocycles. The van der Waals surface area contributed by atoms with Crippen molar-refractivity contribution in [2.24, 2.45) is 5.92 Å². The van der Waals surface area contributed by atoms with E-state index in [1.165, 1.54) is 12.8 Å². The summed E-state index contributed by atoms with van der Waals surface area (Å²) in [5.74, 6) is 0.859. The van der Waals surface area contributed by atoms with Crippen molar-refractivity contribution in [1.29, 1.82) is 0 Å². The van der Waals surface area contributed by atoms with E-state index in [4.69, 9.17) is 9.84 Å². The van der Waals surface area contributed by atoms with Gasteiger partial charge in [0.1, 0.15) is 0 Å². The molecule has 2 unspecified atom stereocenters. The van der Waals surface area contributed by atoms with Crippen molar-refractivity contribution in [3.8, 4) is 0 Å². The van der Waals surface area contributed by atoms with Gasteiger partial charge in [-0.2, -0.15) is 0 Å². The van der Waals surface area contributed by atoms with E-state index in [0.29, 0.717) is 18.7 Å². The van der Waals surface area contributed by atoms with Crippen LogP contribution in [-0.2, 0) is 4.74 Å². The maximum atomic E-state index is 8.83. The van der Waals surface area contributed by atoms with E-state index in [1.54, 1.807) is 7.11 Å². The van der Waals surface area contributed by atoms with Crippen LogP contribution in [-0.4, -0.2) is 37.5 Å². The van der Waals surface area contributed by atoms with Crippen molar-refractivity contribution in [3.05, 3.63) is 0 Å². The third kappa shape index (κ3) is 4.07. The smallest absolute Gasteiger partial charge is 0.0616 e. The van der Waals surface area contributed by atoms with Gasteiger partial charge in [0.05, 0.1) is 6.61 Å². The van der Waals surface area contributed by atoms with E-state index < -0.39 is 0 Å². The molecule has 0 saturated heterocycles. The lowest BCUT2D eigenvalue weighted by Gasteiger charge is -2.21. The van der Waals surface area contributed by atoms with Gasteiger partial charge in [-0.05, 0) is 32.1 Å². The Bertz CT molecular complexity index is 131. The Morgan fingerprint density at radius 3 is 2.69 bits per heavy atom. The van der Waals surface area contributed by atoms with Crippen molar-refractivity contribution in [2.75, 3.05) is 20.3 Å². The molecule has 1 fully saturated rings. The second kappa shape index (κ2) is 5.58. The molecule has 0 aliphatic heterocycles. The van der Waals surface area contributed by atoms with Gasteiger partial charge in [-0.1, -0.05) is 0 Å². The Kier molecular flexibility index (Phi) is 4.70. The first-order chi connectivity index (χ1) is 6.27. The third-order valence-corrected chi connectivity index (χ3v) is 2.67. The predicted octanol–water partition coefficient (Wildman–Crippen LogP) is 0.772. The fourth-order valence-electron chi connectivity index (χ4n) is 1.68. The summed E-state index contributed by atoms with van der Waals surface area (Å²) in [7, 11) is 1.70. The molecule has 1 aliphatic rings. The first kappa shape index (κ1) is 11.0. The minimum absolute atomic E-state index is 0.235. The van der Waals surface area contributed by atoms with Gasteiger partial charge in [0.15, 0.2) is 0 Å². The number of hydrogen-bond donors (Lipinski definition) is 2. The van der Waals surface area contributed by atoms with Crippen LogP contribution in [0.25, 0.3) is 0 Å². The first-order valence-corrected chi connectivity index (χ1v) is 5.13. The SMILES string of the molecule is COCC(CCO)NC(C)C1CC1. The van der Waals surface area contributed by atoms with Crippen LogP contribution in [0.2, 0.25) is 0 Å². The lowest BCUT2D eigenvalue weighted by Crippen LogP contribution is -2.41. The molecule has 2 atom stereocenters. The maximum Gasteiger partial charge on any atom is 0.0616 e. The zero-order valence-electron chi connectivity index (χ0n) is 8.62. The van der Waals surface area contributed by atoms with Crippen LogP contribution in [0.1, 0.15) is 26.2 Å². The van der Waals surface area contributed by atoms with Gasteiger partial charge in [0.25, 0.3) is 0 Å². The molecule has 0 aromatic rings. The maximum absolute atomic E-state index is 8.83. The number of nitrogens with one attached hydrogen (secondary N) is 1. The molecule has 0 heterocycles. The lowest BCUT2D eigenvalue weighted by molar-refractivity contribution is 0.142. The number of aliphatic hydroxyl groups excluding tert-OH is 1. The van der Waals surface area contributed by atoms with Crippen LogP contribution in [0, 0.1) is 5.92 Å². The van der Waals surface area contributed by atoms with Crippen LogP contribution in [0.5, 0.6) is 0 Å². The average Bonchev–Trinajstić information content (AvgIpc) is 2.87. The third-order valence-electron chi connectivity index (χ3n) is 2.67. The van der Waals surface area contributed by atoms with Crippen molar-refractivity contribution in [3.63, 3.8) is 0 Å². The molecular weight excluding hydrogens is 166 g/mol. The van der Waals surface area contributed by atoms with Crippen LogP contribution >= 0.6 is 0 Å². The van der Waals surface area contributed by atoms with Gasteiger partial charge >= 0.3 is 0 Å². The van der Waals surface area contributed by atoms with E-state index >= 15 is 0 Å². The molecule has 0 spiro atoms. The molecule has 0 amide bonds. The van der Waals surface area contributed by atoms with Crippen LogP contribution in [0.4, 0.5) is 0 Å². The van der Waals surface area contributed by atoms with E-state index in [-0.39, 0.29) is 6.61 Å². The van der Waals surface area contributed by atoms with Crippen molar-refractivity contribution in [1.82, 2.24) is 5.32 Å². The summed E-state index contributed by atoms with van der Waals surface area (Å²) in [5, 5.41) is 12.3. The van der Waals surface area contributed by atoms with Crippen LogP contribution in [0.3, 0.4) is 0 Å². The van der Waals surface area contributed by atoms with Crippen LogP contribution in [0.15, 0.2) is 0 Å². The Labute approximate surface area is 80.5 Å². The highest BCUT2D eigenvalue weighted by atomic mass is 16.5. The normalized spacial score (nSPS) is 21.5. The Hall–Kier alpha value is -0.120. The minimum atomic E-state index is 0.235. The highest BCUT2D eigenvalue weighted by Crippen LogP contribution is 2.32. The van der Waals surface area contributed by atoms with E-state index in [0.717, 1.165) is 12.3 Å². The summed E-state index contributed by atoms with van der Waals surface area (Å²) in [6.07, 6.45) is 3.49. The molecule has 0 bridgehead atoms. The minimum Gasteiger partial charge on any atom is -0.396 e. The molecular formula is C10H21NO2. The predicted molar refractivity (Wildman–Crippen MR) is 52.7 cm³/mol. The van der Waals surface area contributed by atoms with Gasteiger partial charge in [-0.25, -0.2) is 0 Å². The fourth-order valence-corrected chi connectivity index (χ4v) is 1.68. The second-order valence-corrected chi connectivity index (χ2v) is 3.96. The van der Waals surface area contributed by atoms with E-state index in [2.05, 4.69) is 12.2 Å². The largest absolute Gasteiger partial charge is 0.396 e. The summed E-state index contributed by atoms with van der Waals surface area (Å²) in [5.41, 5.74) is 0. The Morgan fingerprint density at radius 1 is 1.54 bits per heavy atom. The number of hydrogen-bond acceptors (Lipinski definition) is 3. The molecule has 1 rings (SSSR count). The molecule has 0 aromatic heterocycles. The summed E-state index contributed by atoms with van der Waals surface area (Å²) in [6, 6.07) is 0.886. The highest BCUT2D eigenvalue weighted by molar-refractivity contribution is 4.85. The van der Waals surface area contributed by atoms with Gasteiger partial charge in [0, 0.05) is 25.8 Å². The van der Waals surface area contributed by atoms with Gasteiger partial charge < -0.3 is 15.2 Å². The summed E-state index contributed by atoms with van der Waals surface area (Å²) < 4.78 is 5.08. The molecule has 2 N–H and O–H groups in total. The Balaban J connectivity index is 2.18. The monoisotopic (exact) mass is 187 g/mol. The zero-order valence-corrected chi connectivity index (χ0v) is 8.62. The quantitative estimate of drug-likeness (QED) is 0.618. The molecule has 13 heavy (non-hydrogen) atoms. The zero-order chi connectivity index (χ0) is 9.68. The van der Waals surface area contributed by atoms with Crippen LogP contribution < -0.4 is 5.32 Å². The molecule has 1 aliphatic carbocycles. The van der Waals surface area contributed by atoms with Gasteiger partial charge in [-0.3, -0.25) is 0 Å². The molecule has 0 radical (unpaired) electrons. The van der Waals surface area contributed by atoms with Gasteiger partial charge in [-0.15, -0.1) is 0 Å². The van der Waals surface area contributed by atoms with Crippen molar-refractivity contribution in [2.45, 2.75) is 38.3 Å². The number of ether oxygens (including phenoxy) is 1. The molecule has 3 nitrogen and oxygen atoms in total. The van der Waals surface area contributed by atoms with Crippen molar-refractivity contribution < 1.29 is 9.84 Å². The van der Waals surface area contributed by atoms with E-state index in [1.807, 2.05) is 0 Å². The number of aliphatic hydroxyl groups is 1.